The van der Waals surface area contributed by atoms with Crippen LogP contribution in [0.3, 0.4) is 0 Å². The summed E-state index contributed by atoms with van der Waals surface area (Å²) in [7, 11) is 1.68. The Morgan fingerprint density at radius 1 is 1.00 bits per heavy atom. The molecule has 2 unspecified atom stereocenters. The molecule has 1 aliphatic rings. The van der Waals surface area contributed by atoms with Crippen LogP contribution in [0.4, 0.5) is 0 Å². The van der Waals surface area contributed by atoms with E-state index in [2.05, 4.69) is 12.2 Å². The summed E-state index contributed by atoms with van der Waals surface area (Å²) < 4.78 is 15.9. The lowest BCUT2D eigenvalue weighted by Gasteiger charge is -2.20. The molecule has 4 heteroatoms. The predicted octanol–water partition coefficient (Wildman–Crippen LogP) is 1.83. The molecule has 1 rings (SSSR count). The van der Waals surface area contributed by atoms with Crippen LogP contribution in [-0.4, -0.2) is 52.7 Å². The molecule has 0 aliphatic heterocycles. The lowest BCUT2D eigenvalue weighted by atomic mass is 10.0. The first-order valence-corrected chi connectivity index (χ1v) is 7.26. The smallest absolute Gasteiger partial charge is 0.0701 e. The summed E-state index contributed by atoms with van der Waals surface area (Å²) >= 11 is 0. The zero-order chi connectivity index (χ0) is 13.1. The van der Waals surface area contributed by atoms with Crippen molar-refractivity contribution in [2.45, 2.75) is 38.6 Å². The Labute approximate surface area is 111 Å². The standard InChI is InChI=1S/C14H29NO3/c1-3-15-14-6-4-5-13(14)7-8-17-11-12-18-10-9-16-2/h13-15H,3-12H2,1-2H3. The highest BCUT2D eigenvalue weighted by Gasteiger charge is 2.25. The van der Waals surface area contributed by atoms with Crippen molar-refractivity contribution in [3.05, 3.63) is 0 Å². The van der Waals surface area contributed by atoms with Crippen LogP contribution in [0.25, 0.3) is 0 Å². The number of rotatable bonds is 11. The third-order valence-corrected chi connectivity index (χ3v) is 3.56. The van der Waals surface area contributed by atoms with E-state index in [1.165, 1.54) is 25.7 Å². The summed E-state index contributed by atoms with van der Waals surface area (Å²) in [6.07, 6.45) is 5.22. The summed E-state index contributed by atoms with van der Waals surface area (Å²) in [5.41, 5.74) is 0. The molecule has 1 aliphatic carbocycles. The van der Waals surface area contributed by atoms with Crippen molar-refractivity contribution in [2.24, 2.45) is 5.92 Å². The second kappa shape index (κ2) is 10.7. The zero-order valence-corrected chi connectivity index (χ0v) is 12.0. The molecule has 0 saturated heterocycles. The van der Waals surface area contributed by atoms with Gasteiger partial charge in [0.25, 0.3) is 0 Å². The number of methoxy groups -OCH3 is 1. The molecule has 108 valence electrons. The topological polar surface area (TPSA) is 39.7 Å². The van der Waals surface area contributed by atoms with Crippen LogP contribution in [-0.2, 0) is 14.2 Å². The number of hydrogen-bond donors (Lipinski definition) is 1. The highest BCUT2D eigenvalue weighted by molar-refractivity contribution is 4.82. The molecule has 1 fully saturated rings. The van der Waals surface area contributed by atoms with E-state index in [0.717, 1.165) is 25.1 Å². The van der Waals surface area contributed by atoms with E-state index in [-0.39, 0.29) is 0 Å². The zero-order valence-electron chi connectivity index (χ0n) is 12.0. The van der Waals surface area contributed by atoms with Gasteiger partial charge in [0.1, 0.15) is 0 Å². The maximum Gasteiger partial charge on any atom is 0.0701 e. The summed E-state index contributed by atoms with van der Waals surface area (Å²) in [6, 6.07) is 0.719. The van der Waals surface area contributed by atoms with Crippen LogP contribution in [0.1, 0.15) is 32.6 Å². The molecular weight excluding hydrogens is 230 g/mol. The van der Waals surface area contributed by atoms with Gasteiger partial charge in [-0.15, -0.1) is 0 Å². The van der Waals surface area contributed by atoms with Crippen LogP contribution in [0.2, 0.25) is 0 Å². The number of ether oxygens (including phenoxy) is 3. The molecule has 0 aromatic heterocycles. The fraction of sp³-hybridized carbons (Fsp3) is 1.00. The van der Waals surface area contributed by atoms with Gasteiger partial charge in [-0.1, -0.05) is 13.3 Å². The largest absolute Gasteiger partial charge is 0.382 e. The van der Waals surface area contributed by atoms with Gasteiger partial charge in [0.15, 0.2) is 0 Å². The van der Waals surface area contributed by atoms with Crippen molar-refractivity contribution in [2.75, 3.05) is 46.7 Å². The van der Waals surface area contributed by atoms with Gasteiger partial charge in [0.2, 0.25) is 0 Å². The monoisotopic (exact) mass is 259 g/mol. The van der Waals surface area contributed by atoms with E-state index in [0.29, 0.717) is 26.4 Å². The van der Waals surface area contributed by atoms with Crippen molar-refractivity contribution in [3.63, 3.8) is 0 Å². The van der Waals surface area contributed by atoms with E-state index >= 15 is 0 Å². The first-order chi connectivity index (χ1) is 8.88. The molecule has 0 radical (unpaired) electrons. The third-order valence-electron chi connectivity index (χ3n) is 3.56. The van der Waals surface area contributed by atoms with Crippen LogP contribution < -0.4 is 5.32 Å². The van der Waals surface area contributed by atoms with Crippen molar-refractivity contribution in [1.82, 2.24) is 5.32 Å². The van der Waals surface area contributed by atoms with Crippen molar-refractivity contribution < 1.29 is 14.2 Å². The van der Waals surface area contributed by atoms with Gasteiger partial charge >= 0.3 is 0 Å². The Morgan fingerprint density at radius 2 is 1.72 bits per heavy atom. The molecule has 0 aromatic carbocycles. The van der Waals surface area contributed by atoms with E-state index in [9.17, 15) is 0 Å². The van der Waals surface area contributed by atoms with E-state index < -0.39 is 0 Å². The van der Waals surface area contributed by atoms with E-state index in [4.69, 9.17) is 14.2 Å². The average molecular weight is 259 g/mol. The minimum absolute atomic E-state index is 0.658. The van der Waals surface area contributed by atoms with Gasteiger partial charge in [-0.25, -0.2) is 0 Å². The van der Waals surface area contributed by atoms with Crippen molar-refractivity contribution >= 4 is 0 Å². The molecule has 0 heterocycles. The minimum atomic E-state index is 0.658. The number of nitrogens with one attached hydrogen (secondary N) is 1. The fourth-order valence-electron chi connectivity index (χ4n) is 2.61. The SMILES string of the molecule is CCNC1CCCC1CCOCCOCCOC. The Hall–Kier alpha value is -0.160. The predicted molar refractivity (Wildman–Crippen MR) is 72.9 cm³/mol. The lowest BCUT2D eigenvalue weighted by molar-refractivity contribution is 0.0214. The quantitative estimate of drug-likeness (QED) is 0.575. The summed E-state index contributed by atoms with van der Waals surface area (Å²) in [5, 5.41) is 3.58. The van der Waals surface area contributed by atoms with E-state index in [1.807, 2.05) is 0 Å². The Balaban J connectivity index is 1.91. The van der Waals surface area contributed by atoms with Gasteiger partial charge in [-0.2, -0.15) is 0 Å². The second-order valence-electron chi connectivity index (χ2n) is 4.86. The highest BCUT2D eigenvalue weighted by Crippen LogP contribution is 2.28. The van der Waals surface area contributed by atoms with Gasteiger partial charge < -0.3 is 19.5 Å². The molecule has 4 nitrogen and oxygen atoms in total. The first-order valence-electron chi connectivity index (χ1n) is 7.26. The number of hydrogen-bond acceptors (Lipinski definition) is 4. The van der Waals surface area contributed by atoms with Crippen molar-refractivity contribution in [3.8, 4) is 0 Å². The lowest BCUT2D eigenvalue weighted by Crippen LogP contribution is -2.32. The first kappa shape index (κ1) is 15.9. The summed E-state index contributed by atoms with van der Waals surface area (Å²) in [6.45, 7) is 6.81. The molecule has 18 heavy (non-hydrogen) atoms. The molecule has 0 bridgehead atoms. The maximum atomic E-state index is 5.61. The average Bonchev–Trinajstić information content (AvgIpc) is 2.81. The van der Waals surface area contributed by atoms with Crippen LogP contribution in [0, 0.1) is 5.92 Å². The third kappa shape index (κ3) is 6.69. The van der Waals surface area contributed by atoms with Crippen LogP contribution in [0.5, 0.6) is 0 Å². The maximum absolute atomic E-state index is 5.61. The molecule has 2 atom stereocenters. The normalized spacial score (nSPS) is 23.7. The summed E-state index contributed by atoms with van der Waals surface area (Å²) in [4.78, 5) is 0. The molecule has 0 aromatic rings. The molecule has 0 spiro atoms. The van der Waals surface area contributed by atoms with Gasteiger partial charge in [-0.05, 0) is 31.7 Å². The Kier molecular flexibility index (Phi) is 9.48. The van der Waals surface area contributed by atoms with Crippen LogP contribution in [0.15, 0.2) is 0 Å². The summed E-state index contributed by atoms with van der Waals surface area (Å²) in [5.74, 6) is 0.805. The van der Waals surface area contributed by atoms with Gasteiger partial charge in [0.05, 0.1) is 26.4 Å². The minimum Gasteiger partial charge on any atom is -0.382 e. The molecular formula is C14H29NO3. The second-order valence-corrected chi connectivity index (χ2v) is 4.86. The molecule has 1 N–H and O–H groups in total. The Morgan fingerprint density at radius 3 is 2.44 bits per heavy atom. The van der Waals surface area contributed by atoms with Gasteiger partial charge in [-0.3, -0.25) is 0 Å². The molecule has 1 saturated carbocycles. The van der Waals surface area contributed by atoms with E-state index in [1.54, 1.807) is 7.11 Å². The van der Waals surface area contributed by atoms with Gasteiger partial charge in [0, 0.05) is 19.8 Å². The Bertz CT molecular complexity index is 190. The fourth-order valence-corrected chi connectivity index (χ4v) is 2.61. The molecule has 0 amide bonds. The van der Waals surface area contributed by atoms with Crippen molar-refractivity contribution in [1.29, 1.82) is 0 Å². The highest BCUT2D eigenvalue weighted by atomic mass is 16.5. The van der Waals surface area contributed by atoms with Crippen LogP contribution >= 0.6 is 0 Å².